The number of fused-ring (bicyclic) bond motifs is 1. The van der Waals surface area contributed by atoms with Gasteiger partial charge in [0.05, 0.1) is 29.9 Å². The van der Waals surface area contributed by atoms with Gasteiger partial charge in [-0.2, -0.15) is 0 Å². The summed E-state index contributed by atoms with van der Waals surface area (Å²) in [4.78, 5) is 25.7. The van der Waals surface area contributed by atoms with Crippen LogP contribution in [0.4, 0.5) is 23.0 Å². The molecule has 2 aromatic carbocycles. The summed E-state index contributed by atoms with van der Waals surface area (Å²) in [6.45, 7) is 5.36. The number of ether oxygens (including phenoxy) is 1. The second kappa shape index (κ2) is 11.9. The van der Waals surface area contributed by atoms with Gasteiger partial charge in [0.15, 0.2) is 0 Å². The number of thiophene rings is 1. The summed E-state index contributed by atoms with van der Waals surface area (Å²) in [5.41, 5.74) is 4.01. The fourth-order valence-electron chi connectivity index (χ4n) is 4.05. The standard InChI is InChI=1S/C28H32N6O2S/c1-6-27(35)30-22-16-23(25(36-5)17-24(22)34(4)15-9-14-33(2)3)32-28-29-13-12-21(31-28)20-18-37-26-11-8-7-10-19(20)26/h6-8,10-13,16-18H,1,9,14-15H2,2-5H3,(H,30,35)(H,29,31,32). The SMILES string of the molecule is C=CC(=O)Nc1cc(Nc2nccc(-c3csc4ccccc34)n2)c(OC)cc1N(C)CCCN(C)C. The molecule has 37 heavy (non-hydrogen) atoms. The van der Waals surface area contributed by atoms with E-state index in [2.05, 4.69) is 63.6 Å². The van der Waals surface area contributed by atoms with E-state index >= 15 is 0 Å². The van der Waals surface area contributed by atoms with Crippen LogP contribution >= 0.6 is 11.3 Å². The Bertz CT molecular complexity index is 1400. The number of anilines is 4. The van der Waals surface area contributed by atoms with Crippen LogP contribution in [0.3, 0.4) is 0 Å². The van der Waals surface area contributed by atoms with Crippen molar-refractivity contribution < 1.29 is 9.53 Å². The minimum Gasteiger partial charge on any atom is -0.494 e. The van der Waals surface area contributed by atoms with Crippen LogP contribution in [0.15, 0.2) is 66.7 Å². The largest absolute Gasteiger partial charge is 0.494 e. The third kappa shape index (κ3) is 6.25. The molecule has 0 aliphatic rings. The van der Waals surface area contributed by atoms with Crippen LogP contribution in [-0.2, 0) is 4.79 Å². The second-order valence-electron chi connectivity index (χ2n) is 8.88. The lowest BCUT2D eigenvalue weighted by atomic mass is 10.1. The zero-order chi connectivity index (χ0) is 26.4. The number of carbonyl (C=O) groups excluding carboxylic acids is 1. The maximum Gasteiger partial charge on any atom is 0.247 e. The van der Waals surface area contributed by atoms with Crippen molar-refractivity contribution in [2.45, 2.75) is 6.42 Å². The first-order chi connectivity index (χ1) is 17.9. The molecule has 0 aliphatic carbocycles. The van der Waals surface area contributed by atoms with E-state index in [0.717, 1.165) is 41.8 Å². The van der Waals surface area contributed by atoms with Crippen LogP contribution in [0.25, 0.3) is 21.3 Å². The Hall–Kier alpha value is -3.95. The van der Waals surface area contributed by atoms with Gasteiger partial charge < -0.3 is 25.2 Å². The molecule has 0 radical (unpaired) electrons. The number of rotatable bonds is 11. The van der Waals surface area contributed by atoms with Crippen molar-refractivity contribution in [1.82, 2.24) is 14.9 Å². The number of nitrogens with zero attached hydrogens (tertiary/aromatic N) is 4. The molecule has 0 saturated carbocycles. The van der Waals surface area contributed by atoms with Gasteiger partial charge >= 0.3 is 0 Å². The quantitative estimate of drug-likeness (QED) is 0.250. The molecule has 0 saturated heterocycles. The first-order valence-corrected chi connectivity index (χ1v) is 12.9. The summed E-state index contributed by atoms with van der Waals surface area (Å²) in [7, 11) is 7.72. The molecule has 0 fully saturated rings. The summed E-state index contributed by atoms with van der Waals surface area (Å²) in [6.07, 6.45) is 3.96. The molecule has 192 valence electrons. The molecule has 4 rings (SSSR count). The molecule has 9 heteroatoms. The zero-order valence-corrected chi connectivity index (χ0v) is 22.4. The molecular formula is C28H32N6O2S. The minimum atomic E-state index is -0.290. The number of aromatic nitrogens is 2. The molecule has 0 aliphatic heterocycles. The molecule has 2 N–H and O–H groups in total. The van der Waals surface area contributed by atoms with Crippen molar-refractivity contribution in [1.29, 1.82) is 0 Å². The Labute approximate surface area is 221 Å². The second-order valence-corrected chi connectivity index (χ2v) is 9.79. The summed E-state index contributed by atoms with van der Waals surface area (Å²) in [5, 5.41) is 9.48. The van der Waals surface area contributed by atoms with E-state index in [4.69, 9.17) is 9.72 Å². The Kier molecular flexibility index (Phi) is 8.37. The van der Waals surface area contributed by atoms with Gasteiger partial charge in [-0.05, 0) is 51.3 Å². The van der Waals surface area contributed by atoms with E-state index in [0.29, 0.717) is 23.1 Å². The number of nitrogens with one attached hydrogen (secondary N) is 2. The van der Waals surface area contributed by atoms with Crippen LogP contribution in [0.5, 0.6) is 5.75 Å². The molecule has 1 amide bonds. The van der Waals surface area contributed by atoms with Gasteiger partial charge in [0, 0.05) is 46.9 Å². The van der Waals surface area contributed by atoms with Gasteiger partial charge in [-0.25, -0.2) is 9.97 Å². The van der Waals surface area contributed by atoms with Crippen molar-refractivity contribution in [3.05, 3.63) is 66.7 Å². The third-order valence-electron chi connectivity index (χ3n) is 5.93. The maximum atomic E-state index is 12.2. The fraction of sp³-hybridized carbons (Fsp3) is 0.250. The Morgan fingerprint density at radius 2 is 1.95 bits per heavy atom. The summed E-state index contributed by atoms with van der Waals surface area (Å²) >= 11 is 1.69. The lowest BCUT2D eigenvalue weighted by Crippen LogP contribution is -2.24. The average Bonchev–Trinajstić information content (AvgIpc) is 3.33. The smallest absolute Gasteiger partial charge is 0.247 e. The van der Waals surface area contributed by atoms with Gasteiger partial charge in [0.25, 0.3) is 0 Å². The number of hydrogen-bond acceptors (Lipinski definition) is 8. The highest BCUT2D eigenvalue weighted by molar-refractivity contribution is 7.17. The zero-order valence-electron chi connectivity index (χ0n) is 21.6. The topological polar surface area (TPSA) is 82.6 Å². The molecule has 0 atom stereocenters. The number of methoxy groups -OCH3 is 1. The van der Waals surface area contributed by atoms with Crippen molar-refractivity contribution in [2.24, 2.45) is 0 Å². The van der Waals surface area contributed by atoms with E-state index in [9.17, 15) is 4.79 Å². The first kappa shape index (κ1) is 26.1. The first-order valence-electron chi connectivity index (χ1n) is 12.0. The minimum absolute atomic E-state index is 0.290. The van der Waals surface area contributed by atoms with Crippen molar-refractivity contribution in [3.8, 4) is 17.0 Å². The summed E-state index contributed by atoms with van der Waals surface area (Å²) < 4.78 is 6.92. The van der Waals surface area contributed by atoms with Crippen LogP contribution in [-0.4, -0.2) is 62.1 Å². The van der Waals surface area contributed by atoms with Crippen molar-refractivity contribution in [3.63, 3.8) is 0 Å². The Balaban J connectivity index is 1.66. The Morgan fingerprint density at radius 3 is 2.70 bits per heavy atom. The molecule has 8 nitrogen and oxygen atoms in total. The summed E-state index contributed by atoms with van der Waals surface area (Å²) in [5.74, 6) is 0.752. The van der Waals surface area contributed by atoms with E-state index in [-0.39, 0.29) is 5.91 Å². The highest BCUT2D eigenvalue weighted by atomic mass is 32.1. The molecule has 2 aromatic heterocycles. The average molecular weight is 517 g/mol. The molecule has 2 heterocycles. The van der Waals surface area contributed by atoms with Crippen LogP contribution < -0.4 is 20.3 Å². The summed E-state index contributed by atoms with van der Waals surface area (Å²) in [6, 6.07) is 13.9. The highest BCUT2D eigenvalue weighted by Crippen LogP contribution is 2.38. The molecule has 0 bridgehead atoms. The van der Waals surface area contributed by atoms with Gasteiger partial charge in [0.1, 0.15) is 5.75 Å². The molecular weight excluding hydrogens is 484 g/mol. The number of hydrogen-bond donors (Lipinski definition) is 2. The lowest BCUT2D eigenvalue weighted by Gasteiger charge is -2.25. The van der Waals surface area contributed by atoms with Crippen molar-refractivity contribution in [2.75, 3.05) is 56.9 Å². The van der Waals surface area contributed by atoms with Crippen molar-refractivity contribution >= 4 is 50.3 Å². The van der Waals surface area contributed by atoms with Gasteiger partial charge in [0.2, 0.25) is 11.9 Å². The highest BCUT2D eigenvalue weighted by Gasteiger charge is 2.17. The van der Waals surface area contributed by atoms with Crippen LogP contribution in [0.1, 0.15) is 6.42 Å². The number of carbonyl (C=O) groups is 1. The number of benzene rings is 2. The van der Waals surface area contributed by atoms with E-state index in [1.165, 1.54) is 10.8 Å². The predicted molar refractivity (Wildman–Crippen MR) is 154 cm³/mol. The van der Waals surface area contributed by atoms with Crippen LogP contribution in [0, 0.1) is 0 Å². The normalized spacial score (nSPS) is 10.9. The number of amides is 1. The third-order valence-corrected chi connectivity index (χ3v) is 6.89. The fourth-order valence-corrected chi connectivity index (χ4v) is 5.00. The van der Waals surface area contributed by atoms with Crippen LogP contribution in [0.2, 0.25) is 0 Å². The molecule has 4 aromatic rings. The predicted octanol–water partition coefficient (Wildman–Crippen LogP) is 5.62. The van der Waals surface area contributed by atoms with Gasteiger partial charge in [-0.3, -0.25) is 4.79 Å². The molecule has 0 unspecified atom stereocenters. The van der Waals surface area contributed by atoms with E-state index < -0.39 is 0 Å². The maximum absolute atomic E-state index is 12.2. The van der Waals surface area contributed by atoms with Gasteiger partial charge in [-0.1, -0.05) is 24.8 Å². The lowest BCUT2D eigenvalue weighted by molar-refractivity contribution is -0.111. The monoisotopic (exact) mass is 516 g/mol. The van der Waals surface area contributed by atoms with E-state index in [1.807, 2.05) is 37.4 Å². The van der Waals surface area contributed by atoms with Gasteiger partial charge in [-0.15, -0.1) is 11.3 Å². The Morgan fingerprint density at radius 1 is 1.14 bits per heavy atom. The van der Waals surface area contributed by atoms with E-state index in [1.54, 1.807) is 24.6 Å². The molecule has 0 spiro atoms.